The van der Waals surface area contributed by atoms with E-state index in [4.69, 9.17) is 57.9 Å². The Morgan fingerprint density at radius 2 is 1.71 bits per heavy atom. The molecule has 1 aromatic carbocycles. The minimum absolute atomic E-state index is 0.233. The lowest BCUT2D eigenvalue weighted by Gasteiger charge is -2.17. The molecule has 2 nitrogen and oxygen atoms in total. The van der Waals surface area contributed by atoms with Gasteiger partial charge in [-0.2, -0.15) is 0 Å². The largest absolute Gasteiger partial charge is 0.398 e. The smallest absolute Gasteiger partial charge is 0.217 e. The summed E-state index contributed by atoms with van der Waals surface area (Å²) in [7, 11) is 0. The molecule has 0 aliphatic carbocycles. The van der Waals surface area contributed by atoms with Crippen molar-refractivity contribution >= 4 is 57.8 Å². The number of nitrogens with two attached hydrogens (primary N) is 2. The molecule has 1 aromatic rings. The zero-order valence-electron chi connectivity index (χ0n) is 7.24. The van der Waals surface area contributed by atoms with E-state index in [0.29, 0.717) is 22.5 Å². The first kappa shape index (κ1) is 12.1. The monoisotopic (exact) mass is 272 g/mol. The molecule has 0 unspecified atom stereocenters. The Kier molecular flexibility index (Phi) is 3.32. The van der Waals surface area contributed by atoms with Crippen molar-refractivity contribution in [2.45, 2.75) is 10.7 Å². The summed E-state index contributed by atoms with van der Waals surface area (Å²) >= 11 is 23.0. The Morgan fingerprint density at radius 1 is 1.21 bits per heavy atom. The normalized spacial score (nSPS) is 11.8. The third kappa shape index (κ3) is 2.14. The molecule has 0 bridgehead atoms. The highest BCUT2D eigenvalue weighted by Crippen LogP contribution is 2.45. The Bertz CT molecular complexity index is 371. The summed E-state index contributed by atoms with van der Waals surface area (Å²) in [6, 6.07) is 1.51. The van der Waals surface area contributed by atoms with E-state index in [-0.39, 0.29) is 5.02 Å². The number of hydrogen-bond acceptors (Lipinski definition) is 2. The van der Waals surface area contributed by atoms with E-state index in [1.54, 1.807) is 6.92 Å². The molecule has 0 amide bonds. The fourth-order valence-corrected chi connectivity index (χ4v) is 1.93. The van der Waals surface area contributed by atoms with Gasteiger partial charge in [-0.3, -0.25) is 0 Å². The first-order valence-corrected chi connectivity index (χ1v) is 5.17. The van der Waals surface area contributed by atoms with Crippen molar-refractivity contribution in [3.05, 3.63) is 22.2 Å². The van der Waals surface area contributed by atoms with Crippen LogP contribution in [0.4, 0.5) is 11.4 Å². The topological polar surface area (TPSA) is 52.0 Å². The quantitative estimate of drug-likeness (QED) is 0.560. The average molecular weight is 274 g/mol. The molecule has 0 radical (unpaired) electrons. The second-order valence-corrected chi connectivity index (χ2v) is 5.52. The summed E-state index contributed by atoms with van der Waals surface area (Å²) in [5.41, 5.74) is 13.1. The highest BCUT2D eigenvalue weighted by atomic mass is 35.6. The predicted molar refractivity (Wildman–Crippen MR) is 64.3 cm³/mol. The summed E-state index contributed by atoms with van der Waals surface area (Å²) < 4.78 is -1.62. The van der Waals surface area contributed by atoms with Crippen LogP contribution in [0.1, 0.15) is 11.1 Å². The predicted octanol–water partition coefficient (Wildman–Crippen LogP) is 3.64. The van der Waals surface area contributed by atoms with E-state index in [1.165, 1.54) is 6.07 Å². The third-order valence-electron chi connectivity index (χ3n) is 1.92. The van der Waals surface area contributed by atoms with Crippen LogP contribution in [0.3, 0.4) is 0 Å². The van der Waals surface area contributed by atoms with Gasteiger partial charge in [-0.1, -0.05) is 46.4 Å². The molecule has 6 heteroatoms. The SMILES string of the molecule is Cc1c(N)cc(C(Cl)(Cl)Cl)c(Cl)c1N. The molecular weight excluding hydrogens is 266 g/mol. The lowest BCUT2D eigenvalue weighted by atomic mass is 10.1. The van der Waals surface area contributed by atoms with Crippen LogP contribution in [-0.4, -0.2) is 0 Å². The number of rotatable bonds is 0. The van der Waals surface area contributed by atoms with Crippen molar-refractivity contribution in [3.63, 3.8) is 0 Å². The lowest BCUT2D eigenvalue weighted by molar-refractivity contribution is 1.23. The van der Waals surface area contributed by atoms with Gasteiger partial charge < -0.3 is 11.5 Å². The van der Waals surface area contributed by atoms with Gasteiger partial charge in [0.05, 0.1) is 10.7 Å². The van der Waals surface area contributed by atoms with Crippen LogP contribution in [0.15, 0.2) is 6.07 Å². The van der Waals surface area contributed by atoms with Crippen LogP contribution >= 0.6 is 46.4 Å². The maximum Gasteiger partial charge on any atom is 0.217 e. The van der Waals surface area contributed by atoms with E-state index in [0.717, 1.165) is 0 Å². The van der Waals surface area contributed by atoms with E-state index in [1.807, 2.05) is 0 Å². The Morgan fingerprint density at radius 3 is 2.14 bits per heavy atom. The molecule has 4 N–H and O–H groups in total. The van der Waals surface area contributed by atoms with Gasteiger partial charge in [0.25, 0.3) is 0 Å². The molecule has 0 heterocycles. The van der Waals surface area contributed by atoms with Crippen molar-refractivity contribution in [3.8, 4) is 0 Å². The van der Waals surface area contributed by atoms with Gasteiger partial charge in [-0.25, -0.2) is 0 Å². The van der Waals surface area contributed by atoms with Crippen LogP contribution < -0.4 is 11.5 Å². The molecule has 0 aliphatic rings. The molecule has 78 valence electrons. The van der Waals surface area contributed by atoms with Crippen molar-refractivity contribution in [1.29, 1.82) is 0 Å². The van der Waals surface area contributed by atoms with Gasteiger partial charge in [-0.05, 0) is 18.6 Å². The number of hydrogen-bond donors (Lipinski definition) is 2. The van der Waals surface area contributed by atoms with Gasteiger partial charge in [0.15, 0.2) is 0 Å². The fraction of sp³-hybridized carbons (Fsp3) is 0.250. The van der Waals surface area contributed by atoms with E-state index in [2.05, 4.69) is 0 Å². The first-order chi connectivity index (χ1) is 6.25. The molecule has 0 spiro atoms. The van der Waals surface area contributed by atoms with Crippen LogP contribution in [0.25, 0.3) is 0 Å². The number of nitrogen functional groups attached to an aromatic ring is 2. The maximum atomic E-state index is 5.92. The minimum Gasteiger partial charge on any atom is -0.398 e. The summed E-state index contributed by atoms with van der Waals surface area (Å²) in [5, 5.41) is 0.233. The van der Waals surface area contributed by atoms with Crippen LogP contribution in [0.2, 0.25) is 5.02 Å². The zero-order chi connectivity index (χ0) is 11.1. The van der Waals surface area contributed by atoms with Crippen LogP contribution in [-0.2, 0) is 3.79 Å². The number of alkyl halides is 3. The second kappa shape index (κ2) is 3.86. The molecule has 0 fully saturated rings. The summed E-state index contributed by atoms with van der Waals surface area (Å²) in [6.45, 7) is 1.75. The van der Waals surface area contributed by atoms with E-state index >= 15 is 0 Å². The van der Waals surface area contributed by atoms with Gasteiger partial charge in [0.2, 0.25) is 3.79 Å². The molecule has 14 heavy (non-hydrogen) atoms. The molecule has 0 saturated heterocycles. The highest BCUT2D eigenvalue weighted by molar-refractivity contribution is 6.67. The Hall–Kier alpha value is -0.0200. The second-order valence-electron chi connectivity index (χ2n) is 2.86. The Labute approximate surface area is 102 Å². The average Bonchev–Trinajstić information content (AvgIpc) is 2.06. The summed E-state index contributed by atoms with van der Waals surface area (Å²) in [6.07, 6.45) is 0. The fourth-order valence-electron chi connectivity index (χ4n) is 0.999. The van der Waals surface area contributed by atoms with Crippen molar-refractivity contribution in [1.82, 2.24) is 0 Å². The van der Waals surface area contributed by atoms with Crippen molar-refractivity contribution in [2.75, 3.05) is 11.5 Å². The van der Waals surface area contributed by atoms with Crippen LogP contribution in [0, 0.1) is 6.92 Å². The van der Waals surface area contributed by atoms with E-state index in [9.17, 15) is 0 Å². The van der Waals surface area contributed by atoms with Crippen molar-refractivity contribution in [2.24, 2.45) is 0 Å². The molecule has 0 aromatic heterocycles. The molecule has 0 atom stereocenters. The zero-order valence-corrected chi connectivity index (χ0v) is 10.3. The van der Waals surface area contributed by atoms with E-state index < -0.39 is 3.79 Å². The third-order valence-corrected chi connectivity index (χ3v) is 2.93. The molecule has 0 saturated carbocycles. The number of halogens is 4. The molecule has 0 aliphatic heterocycles. The Balaban J connectivity index is 3.49. The number of anilines is 2. The number of benzene rings is 1. The standard InChI is InChI=1S/C8H8Cl4N2/c1-3-5(13)2-4(8(10,11)12)6(9)7(3)14/h2H,13-14H2,1H3. The van der Waals surface area contributed by atoms with Gasteiger partial charge in [0, 0.05) is 11.3 Å². The minimum atomic E-state index is -1.62. The maximum absolute atomic E-state index is 5.92. The highest BCUT2D eigenvalue weighted by Gasteiger charge is 2.28. The lowest BCUT2D eigenvalue weighted by Crippen LogP contribution is -2.07. The van der Waals surface area contributed by atoms with Gasteiger partial charge in [-0.15, -0.1) is 0 Å². The van der Waals surface area contributed by atoms with Crippen molar-refractivity contribution < 1.29 is 0 Å². The summed E-state index contributed by atoms with van der Waals surface area (Å²) in [4.78, 5) is 0. The van der Waals surface area contributed by atoms with Gasteiger partial charge in [0.1, 0.15) is 0 Å². The molecule has 1 rings (SSSR count). The van der Waals surface area contributed by atoms with Crippen LogP contribution in [0.5, 0.6) is 0 Å². The summed E-state index contributed by atoms with van der Waals surface area (Å²) in [5.74, 6) is 0. The molecular formula is C8H8Cl4N2. The van der Waals surface area contributed by atoms with Gasteiger partial charge >= 0.3 is 0 Å². The first-order valence-electron chi connectivity index (χ1n) is 3.66.